The predicted octanol–water partition coefficient (Wildman–Crippen LogP) is 1.35. The van der Waals surface area contributed by atoms with Gasteiger partial charge in [-0.05, 0) is 6.04 Å². The first kappa shape index (κ1) is 9.98. The lowest BCUT2D eigenvalue weighted by molar-refractivity contribution is 0.153. The molecule has 0 aliphatic heterocycles. The molecule has 0 spiro atoms. The highest BCUT2D eigenvalue weighted by atomic mass is 28.3. The average Bonchev–Trinajstić information content (AvgIpc) is 2.55. The Morgan fingerprint density at radius 3 is 2.92 bits per heavy atom. The van der Waals surface area contributed by atoms with Gasteiger partial charge in [0.2, 0.25) is 0 Å². The number of aromatic nitrogens is 2. The Bertz CT molecular complexity index is 259. The fourth-order valence-corrected chi connectivity index (χ4v) is 1.41. The summed E-state index contributed by atoms with van der Waals surface area (Å²) in [4.78, 5) is 15.0. The zero-order valence-corrected chi connectivity index (χ0v) is 9.09. The van der Waals surface area contributed by atoms with Crippen molar-refractivity contribution in [1.82, 2.24) is 9.55 Å². The number of nitrogens with zero attached hydrogens (tertiary/aromatic N) is 2. The zero-order chi connectivity index (χ0) is 9.68. The molecule has 0 aliphatic rings. The van der Waals surface area contributed by atoms with Crippen LogP contribution >= 0.6 is 0 Å². The maximum absolute atomic E-state index is 11.2. The van der Waals surface area contributed by atoms with E-state index in [1.54, 1.807) is 12.4 Å². The zero-order valence-electron chi connectivity index (χ0n) is 7.93. The second kappa shape index (κ2) is 4.81. The maximum atomic E-state index is 11.2. The highest BCUT2D eigenvalue weighted by Crippen LogP contribution is 1.95. The number of hydrogen-bond donors (Lipinski definition) is 0. The summed E-state index contributed by atoms with van der Waals surface area (Å²) < 4.78 is 6.35. The van der Waals surface area contributed by atoms with Crippen LogP contribution in [0.3, 0.4) is 0 Å². The van der Waals surface area contributed by atoms with Crippen molar-refractivity contribution in [3.8, 4) is 0 Å². The molecule has 0 unspecified atom stereocenters. The molecule has 0 aliphatic carbocycles. The van der Waals surface area contributed by atoms with E-state index in [0.29, 0.717) is 6.61 Å². The van der Waals surface area contributed by atoms with Gasteiger partial charge in [-0.25, -0.2) is 14.3 Å². The van der Waals surface area contributed by atoms with E-state index < -0.39 is 8.80 Å². The third-order valence-electron chi connectivity index (χ3n) is 1.64. The van der Waals surface area contributed by atoms with Gasteiger partial charge in [0, 0.05) is 21.2 Å². The number of ether oxygens (including phenoxy) is 1. The van der Waals surface area contributed by atoms with Gasteiger partial charge < -0.3 is 4.74 Å². The third-order valence-corrected chi connectivity index (χ3v) is 3.03. The van der Waals surface area contributed by atoms with Crippen molar-refractivity contribution >= 4 is 14.9 Å². The molecular weight excluding hydrogens is 184 g/mol. The molecule has 0 saturated carbocycles. The van der Waals surface area contributed by atoms with Crippen LogP contribution in [0.4, 0.5) is 4.79 Å². The topological polar surface area (TPSA) is 44.1 Å². The first-order valence-corrected chi connectivity index (χ1v) is 7.48. The predicted molar refractivity (Wildman–Crippen MR) is 52.7 cm³/mol. The molecule has 72 valence electrons. The summed E-state index contributed by atoms with van der Waals surface area (Å²) in [6.07, 6.45) is 4.23. The van der Waals surface area contributed by atoms with Gasteiger partial charge in [0.05, 0.1) is 6.61 Å². The van der Waals surface area contributed by atoms with Crippen LogP contribution in [0.5, 0.6) is 0 Å². The molecule has 4 nitrogen and oxygen atoms in total. The molecule has 0 atom stereocenters. The van der Waals surface area contributed by atoms with Crippen LogP contribution in [0.1, 0.15) is 0 Å². The summed E-state index contributed by atoms with van der Waals surface area (Å²) >= 11 is 0. The van der Waals surface area contributed by atoms with Crippen LogP contribution in [-0.4, -0.2) is 31.0 Å². The normalized spacial score (nSPS) is 10.4. The molecule has 0 amide bonds. The lowest BCUT2D eigenvalue weighted by Crippen LogP contribution is -2.14. The molecule has 0 fully saturated rings. The van der Waals surface area contributed by atoms with Gasteiger partial charge in [0.25, 0.3) is 0 Å². The van der Waals surface area contributed by atoms with E-state index in [1.807, 2.05) is 0 Å². The van der Waals surface area contributed by atoms with E-state index in [4.69, 9.17) is 4.74 Å². The van der Waals surface area contributed by atoms with Gasteiger partial charge in [-0.15, -0.1) is 0 Å². The Morgan fingerprint density at radius 2 is 2.38 bits per heavy atom. The summed E-state index contributed by atoms with van der Waals surface area (Å²) in [6, 6.07) is 1.03. The highest BCUT2D eigenvalue weighted by molar-refractivity contribution is 6.55. The van der Waals surface area contributed by atoms with Crippen LogP contribution in [-0.2, 0) is 4.74 Å². The monoisotopic (exact) mass is 198 g/mol. The summed E-state index contributed by atoms with van der Waals surface area (Å²) in [5.74, 6) is 0. The van der Waals surface area contributed by atoms with Crippen molar-refractivity contribution in [3.05, 3.63) is 18.7 Å². The summed E-state index contributed by atoms with van der Waals surface area (Å²) in [5.41, 5.74) is 0. The Morgan fingerprint density at radius 1 is 1.62 bits per heavy atom. The van der Waals surface area contributed by atoms with Crippen LogP contribution in [0, 0.1) is 0 Å². The lowest BCUT2D eigenvalue weighted by atomic mass is 10.8. The van der Waals surface area contributed by atoms with E-state index in [9.17, 15) is 4.79 Å². The van der Waals surface area contributed by atoms with E-state index in [-0.39, 0.29) is 6.09 Å². The van der Waals surface area contributed by atoms with Crippen molar-refractivity contribution in [2.75, 3.05) is 6.61 Å². The molecule has 1 heterocycles. The Hall–Kier alpha value is -1.10. The van der Waals surface area contributed by atoms with Crippen LogP contribution < -0.4 is 0 Å². The minimum atomic E-state index is -0.610. The molecule has 1 aromatic rings. The van der Waals surface area contributed by atoms with Gasteiger partial charge in [-0.3, -0.25) is 0 Å². The lowest BCUT2D eigenvalue weighted by Gasteiger charge is -2.05. The van der Waals surface area contributed by atoms with Gasteiger partial charge in [-0.1, -0.05) is 13.1 Å². The van der Waals surface area contributed by atoms with E-state index >= 15 is 0 Å². The fourth-order valence-electron chi connectivity index (χ4n) is 0.824. The number of hydrogen-bond acceptors (Lipinski definition) is 3. The summed E-state index contributed by atoms with van der Waals surface area (Å²) in [5, 5.41) is 0. The second-order valence-corrected chi connectivity index (χ2v) is 6.63. The average molecular weight is 198 g/mol. The van der Waals surface area contributed by atoms with Gasteiger partial charge in [-0.2, -0.15) is 0 Å². The molecule has 0 bridgehead atoms. The molecule has 0 saturated heterocycles. The van der Waals surface area contributed by atoms with E-state index in [2.05, 4.69) is 18.1 Å². The van der Waals surface area contributed by atoms with Crippen molar-refractivity contribution in [3.63, 3.8) is 0 Å². The molecule has 13 heavy (non-hydrogen) atoms. The molecule has 0 N–H and O–H groups in total. The van der Waals surface area contributed by atoms with Crippen molar-refractivity contribution in [1.29, 1.82) is 0 Å². The summed E-state index contributed by atoms with van der Waals surface area (Å²) in [6.45, 7) is 4.98. The molecular formula is C8H14N2O2Si. The quantitative estimate of drug-likeness (QED) is 0.689. The molecule has 1 rings (SSSR count). The number of carbonyl (C=O) groups excluding carboxylic acids is 1. The molecule has 1 aromatic heterocycles. The standard InChI is InChI=1S/C8H14N2O2Si/c1-13(2)6-5-12-8(11)10-4-3-9-7-10/h3-4,7,13H,5-6H2,1-2H3. The first-order chi connectivity index (χ1) is 6.20. The summed E-state index contributed by atoms with van der Waals surface area (Å²) in [7, 11) is -0.610. The SMILES string of the molecule is C[SiH](C)CCOC(=O)n1ccnc1. The maximum Gasteiger partial charge on any atom is 0.419 e. The van der Waals surface area contributed by atoms with Gasteiger partial charge >= 0.3 is 6.09 Å². The minimum Gasteiger partial charge on any atom is -0.449 e. The first-order valence-electron chi connectivity index (χ1n) is 4.35. The van der Waals surface area contributed by atoms with Crippen molar-refractivity contribution in [2.45, 2.75) is 19.1 Å². The van der Waals surface area contributed by atoms with Crippen LogP contribution in [0.25, 0.3) is 0 Å². The smallest absolute Gasteiger partial charge is 0.419 e. The van der Waals surface area contributed by atoms with Gasteiger partial charge in [0.15, 0.2) is 0 Å². The van der Waals surface area contributed by atoms with E-state index in [0.717, 1.165) is 6.04 Å². The van der Waals surface area contributed by atoms with Crippen LogP contribution in [0.15, 0.2) is 18.7 Å². The number of imidazole rings is 1. The largest absolute Gasteiger partial charge is 0.449 e. The molecule has 5 heteroatoms. The third kappa shape index (κ3) is 3.41. The second-order valence-electron chi connectivity index (χ2n) is 3.27. The van der Waals surface area contributed by atoms with Crippen LogP contribution in [0.2, 0.25) is 19.1 Å². The number of rotatable bonds is 3. The van der Waals surface area contributed by atoms with Crippen molar-refractivity contribution in [2.24, 2.45) is 0 Å². The van der Waals surface area contributed by atoms with E-state index in [1.165, 1.54) is 10.9 Å². The Labute approximate surface area is 79.1 Å². The fraction of sp³-hybridized carbons (Fsp3) is 0.500. The Kier molecular flexibility index (Phi) is 3.69. The minimum absolute atomic E-state index is 0.341. The molecule has 0 radical (unpaired) electrons. The molecule has 0 aromatic carbocycles. The number of carbonyl (C=O) groups is 1. The van der Waals surface area contributed by atoms with Gasteiger partial charge in [0.1, 0.15) is 6.33 Å². The highest BCUT2D eigenvalue weighted by Gasteiger charge is 2.04. The van der Waals surface area contributed by atoms with Crippen molar-refractivity contribution < 1.29 is 9.53 Å². The Balaban J connectivity index is 2.27.